The van der Waals surface area contributed by atoms with Crippen molar-refractivity contribution in [3.63, 3.8) is 0 Å². The molecule has 1 aliphatic rings. The molecular formula is C15H21N3O2. The van der Waals surface area contributed by atoms with Crippen molar-refractivity contribution in [3.8, 4) is 0 Å². The number of H-pyrrole nitrogens is 1. The van der Waals surface area contributed by atoms with Crippen LogP contribution in [-0.2, 0) is 0 Å². The Kier molecular flexibility index (Phi) is 3.63. The molecule has 0 saturated carbocycles. The Morgan fingerprint density at radius 2 is 2.00 bits per heavy atom. The Morgan fingerprint density at radius 1 is 1.25 bits per heavy atom. The van der Waals surface area contributed by atoms with Crippen LogP contribution in [0.5, 0.6) is 0 Å². The van der Waals surface area contributed by atoms with Crippen molar-refractivity contribution >= 4 is 11.1 Å². The summed E-state index contributed by atoms with van der Waals surface area (Å²) in [6, 6.07) is 6.39. The van der Waals surface area contributed by atoms with Crippen LogP contribution < -0.4 is 11.1 Å². The first-order chi connectivity index (χ1) is 9.65. The minimum absolute atomic E-state index is 0.375. The minimum atomic E-state index is -0.389. The molecule has 5 heteroatoms. The summed E-state index contributed by atoms with van der Waals surface area (Å²) >= 11 is 0. The number of rotatable bonds is 3. The smallest absolute Gasteiger partial charge is 0.408 e. The molecule has 0 spiro atoms. The molecule has 1 unspecified atom stereocenters. The maximum absolute atomic E-state index is 11.3. The summed E-state index contributed by atoms with van der Waals surface area (Å²) in [5.74, 6) is 0.129. The summed E-state index contributed by atoms with van der Waals surface area (Å²) in [6.07, 6.45) is 0. The van der Waals surface area contributed by atoms with Crippen molar-refractivity contribution in [2.45, 2.75) is 19.9 Å². The SMILES string of the molecule is CC(C)C(c1ccc2oc(=O)[nH]c2c1)N1CCNCC1. The number of nitrogens with one attached hydrogen (secondary N) is 2. The van der Waals surface area contributed by atoms with Crippen LogP contribution in [0.3, 0.4) is 0 Å². The van der Waals surface area contributed by atoms with Gasteiger partial charge in [-0.05, 0) is 23.6 Å². The molecule has 2 N–H and O–H groups in total. The topological polar surface area (TPSA) is 61.3 Å². The molecule has 1 aromatic heterocycles. The van der Waals surface area contributed by atoms with E-state index in [0.29, 0.717) is 17.5 Å². The Morgan fingerprint density at radius 3 is 2.70 bits per heavy atom. The lowest BCUT2D eigenvalue weighted by molar-refractivity contribution is 0.137. The van der Waals surface area contributed by atoms with Crippen LogP contribution in [0.4, 0.5) is 0 Å². The monoisotopic (exact) mass is 275 g/mol. The third-order valence-corrected chi connectivity index (χ3v) is 3.96. The van der Waals surface area contributed by atoms with Gasteiger partial charge in [0.15, 0.2) is 5.58 Å². The molecule has 108 valence electrons. The quantitative estimate of drug-likeness (QED) is 0.895. The Hall–Kier alpha value is -1.59. The van der Waals surface area contributed by atoms with E-state index in [2.05, 4.69) is 35.1 Å². The number of benzene rings is 1. The number of piperazine rings is 1. The summed E-state index contributed by atoms with van der Waals surface area (Å²) in [5.41, 5.74) is 2.65. The molecule has 2 aromatic rings. The molecule has 0 aliphatic carbocycles. The second kappa shape index (κ2) is 5.42. The number of aromatic amines is 1. The summed E-state index contributed by atoms with van der Waals surface area (Å²) in [6.45, 7) is 8.68. The third kappa shape index (κ3) is 2.51. The molecule has 5 nitrogen and oxygen atoms in total. The van der Waals surface area contributed by atoms with Gasteiger partial charge in [0, 0.05) is 32.2 Å². The highest BCUT2D eigenvalue weighted by Crippen LogP contribution is 2.30. The molecule has 1 fully saturated rings. The molecule has 0 radical (unpaired) electrons. The third-order valence-electron chi connectivity index (χ3n) is 3.96. The summed E-state index contributed by atoms with van der Waals surface area (Å²) in [4.78, 5) is 16.5. The van der Waals surface area contributed by atoms with Crippen molar-refractivity contribution in [2.75, 3.05) is 26.2 Å². The Labute approximate surface area is 118 Å². The zero-order valence-corrected chi connectivity index (χ0v) is 12.0. The largest absolute Gasteiger partial charge is 0.417 e. The highest BCUT2D eigenvalue weighted by atomic mass is 16.4. The summed E-state index contributed by atoms with van der Waals surface area (Å²) in [7, 11) is 0. The van der Waals surface area contributed by atoms with Gasteiger partial charge in [-0.3, -0.25) is 9.88 Å². The van der Waals surface area contributed by atoms with E-state index in [0.717, 1.165) is 31.7 Å². The molecule has 1 atom stereocenters. The fourth-order valence-corrected chi connectivity index (χ4v) is 3.13. The molecular weight excluding hydrogens is 254 g/mol. The van der Waals surface area contributed by atoms with E-state index in [-0.39, 0.29) is 5.76 Å². The van der Waals surface area contributed by atoms with Gasteiger partial charge in [-0.25, -0.2) is 4.79 Å². The fraction of sp³-hybridized carbons (Fsp3) is 0.533. The average molecular weight is 275 g/mol. The lowest BCUT2D eigenvalue weighted by Gasteiger charge is -2.37. The average Bonchev–Trinajstić information content (AvgIpc) is 2.79. The van der Waals surface area contributed by atoms with Gasteiger partial charge in [0.2, 0.25) is 0 Å². The van der Waals surface area contributed by atoms with Crippen LogP contribution in [0.25, 0.3) is 11.1 Å². The lowest BCUT2D eigenvalue weighted by atomic mass is 9.93. The summed E-state index contributed by atoms with van der Waals surface area (Å²) in [5, 5.41) is 3.39. The maximum Gasteiger partial charge on any atom is 0.417 e. The van der Waals surface area contributed by atoms with Gasteiger partial charge < -0.3 is 9.73 Å². The van der Waals surface area contributed by atoms with E-state index in [1.54, 1.807) is 0 Å². The fourth-order valence-electron chi connectivity index (χ4n) is 3.13. The molecule has 1 saturated heterocycles. The van der Waals surface area contributed by atoms with E-state index >= 15 is 0 Å². The van der Waals surface area contributed by atoms with Crippen molar-refractivity contribution in [1.82, 2.24) is 15.2 Å². The van der Waals surface area contributed by atoms with Crippen molar-refractivity contribution in [1.29, 1.82) is 0 Å². The maximum atomic E-state index is 11.3. The number of fused-ring (bicyclic) bond motifs is 1. The van der Waals surface area contributed by atoms with Crippen LogP contribution in [0.15, 0.2) is 27.4 Å². The number of hydrogen-bond donors (Lipinski definition) is 2. The molecule has 20 heavy (non-hydrogen) atoms. The number of oxazole rings is 1. The second-order valence-electron chi connectivity index (χ2n) is 5.74. The first-order valence-electron chi connectivity index (χ1n) is 7.22. The first kappa shape index (κ1) is 13.4. The van der Waals surface area contributed by atoms with E-state index < -0.39 is 0 Å². The highest BCUT2D eigenvalue weighted by molar-refractivity contribution is 5.72. The van der Waals surface area contributed by atoms with Crippen molar-refractivity contribution < 1.29 is 4.42 Å². The van der Waals surface area contributed by atoms with Gasteiger partial charge >= 0.3 is 5.76 Å². The summed E-state index contributed by atoms with van der Waals surface area (Å²) < 4.78 is 5.07. The molecule has 3 rings (SSSR count). The predicted octanol–water partition coefficient (Wildman–Crippen LogP) is 1.72. The Balaban J connectivity index is 1.97. The standard InChI is InChI=1S/C15H21N3O2/c1-10(2)14(18-7-5-16-6-8-18)11-3-4-13-12(9-11)17-15(19)20-13/h3-4,9-10,14,16H,5-8H2,1-2H3,(H,17,19). The molecule has 0 bridgehead atoms. The molecule has 2 heterocycles. The van der Waals surface area contributed by atoms with Crippen molar-refractivity contribution in [2.24, 2.45) is 5.92 Å². The zero-order chi connectivity index (χ0) is 14.1. The molecule has 0 amide bonds. The van der Waals surface area contributed by atoms with Gasteiger partial charge in [0.25, 0.3) is 0 Å². The first-order valence-corrected chi connectivity index (χ1v) is 7.22. The second-order valence-corrected chi connectivity index (χ2v) is 5.74. The van der Waals surface area contributed by atoms with E-state index in [1.807, 2.05) is 12.1 Å². The molecule has 1 aliphatic heterocycles. The van der Waals surface area contributed by atoms with E-state index in [1.165, 1.54) is 5.56 Å². The van der Waals surface area contributed by atoms with Crippen LogP contribution >= 0.6 is 0 Å². The zero-order valence-electron chi connectivity index (χ0n) is 12.0. The van der Waals surface area contributed by atoms with Gasteiger partial charge in [0.05, 0.1) is 5.52 Å². The van der Waals surface area contributed by atoms with Crippen LogP contribution in [0, 0.1) is 5.92 Å². The number of nitrogens with zero attached hydrogens (tertiary/aromatic N) is 1. The number of hydrogen-bond acceptors (Lipinski definition) is 4. The van der Waals surface area contributed by atoms with Crippen LogP contribution in [0.2, 0.25) is 0 Å². The van der Waals surface area contributed by atoms with Gasteiger partial charge in [-0.15, -0.1) is 0 Å². The van der Waals surface area contributed by atoms with Crippen LogP contribution in [0.1, 0.15) is 25.5 Å². The van der Waals surface area contributed by atoms with Gasteiger partial charge in [0.1, 0.15) is 0 Å². The van der Waals surface area contributed by atoms with Gasteiger partial charge in [-0.2, -0.15) is 0 Å². The lowest BCUT2D eigenvalue weighted by Crippen LogP contribution is -2.46. The molecule has 1 aromatic carbocycles. The van der Waals surface area contributed by atoms with E-state index in [4.69, 9.17) is 4.42 Å². The van der Waals surface area contributed by atoms with E-state index in [9.17, 15) is 4.79 Å². The normalized spacial score (nSPS) is 18.8. The van der Waals surface area contributed by atoms with Crippen LogP contribution in [-0.4, -0.2) is 36.1 Å². The highest BCUT2D eigenvalue weighted by Gasteiger charge is 2.25. The number of aromatic nitrogens is 1. The van der Waals surface area contributed by atoms with Crippen molar-refractivity contribution in [3.05, 3.63) is 34.3 Å². The Bertz CT molecular complexity index is 638. The minimum Gasteiger partial charge on any atom is -0.408 e. The predicted molar refractivity (Wildman–Crippen MR) is 78.9 cm³/mol. The van der Waals surface area contributed by atoms with Gasteiger partial charge in [-0.1, -0.05) is 19.9 Å².